The Labute approximate surface area is 73.3 Å². The molecule has 0 atom stereocenters. The minimum Gasteiger partial charge on any atom is -0.370 e. The first kappa shape index (κ1) is 7.41. The number of benzene rings is 1. The fourth-order valence-corrected chi connectivity index (χ4v) is 1.51. The SMILES string of the molecule is C=CC1CN(c2ccccc2)C1. The number of nitrogens with zero attached hydrogens (tertiary/aromatic N) is 1. The summed E-state index contributed by atoms with van der Waals surface area (Å²) in [6.45, 7) is 6.05. The van der Waals surface area contributed by atoms with Gasteiger partial charge >= 0.3 is 0 Å². The zero-order valence-corrected chi connectivity index (χ0v) is 7.11. The molecule has 1 aliphatic rings. The maximum absolute atomic E-state index is 3.78. The highest BCUT2D eigenvalue weighted by atomic mass is 15.2. The second-order valence-electron chi connectivity index (χ2n) is 3.24. The van der Waals surface area contributed by atoms with E-state index in [0.29, 0.717) is 5.92 Å². The van der Waals surface area contributed by atoms with E-state index in [1.54, 1.807) is 0 Å². The third-order valence-electron chi connectivity index (χ3n) is 2.36. The molecule has 2 rings (SSSR count). The summed E-state index contributed by atoms with van der Waals surface area (Å²) in [5.74, 6) is 0.699. The summed E-state index contributed by atoms with van der Waals surface area (Å²) in [5.41, 5.74) is 1.33. The van der Waals surface area contributed by atoms with E-state index in [1.807, 2.05) is 12.1 Å². The summed E-state index contributed by atoms with van der Waals surface area (Å²) >= 11 is 0. The number of hydrogen-bond acceptors (Lipinski definition) is 1. The van der Waals surface area contributed by atoms with E-state index in [4.69, 9.17) is 0 Å². The first-order valence-electron chi connectivity index (χ1n) is 4.32. The molecule has 0 aromatic heterocycles. The Morgan fingerprint density at radius 3 is 2.50 bits per heavy atom. The molecule has 0 saturated carbocycles. The molecule has 0 unspecified atom stereocenters. The standard InChI is InChI=1S/C11H13N/c1-2-10-8-12(9-10)11-6-4-3-5-7-11/h2-7,10H,1,8-9H2. The van der Waals surface area contributed by atoms with Crippen LogP contribution in [0.4, 0.5) is 5.69 Å². The number of rotatable bonds is 2. The van der Waals surface area contributed by atoms with Gasteiger partial charge < -0.3 is 4.90 Å². The van der Waals surface area contributed by atoms with Crippen molar-refractivity contribution in [3.8, 4) is 0 Å². The van der Waals surface area contributed by atoms with E-state index in [-0.39, 0.29) is 0 Å². The lowest BCUT2D eigenvalue weighted by Gasteiger charge is -2.39. The fraction of sp³-hybridized carbons (Fsp3) is 0.273. The maximum atomic E-state index is 3.78. The number of para-hydroxylation sites is 1. The summed E-state index contributed by atoms with van der Waals surface area (Å²) in [6.07, 6.45) is 2.04. The molecule has 1 heterocycles. The second kappa shape index (κ2) is 3.02. The van der Waals surface area contributed by atoms with Crippen molar-refractivity contribution < 1.29 is 0 Å². The monoisotopic (exact) mass is 159 g/mol. The molecule has 62 valence electrons. The van der Waals surface area contributed by atoms with Crippen LogP contribution >= 0.6 is 0 Å². The average Bonchev–Trinajstić information content (AvgIpc) is 2.04. The third-order valence-corrected chi connectivity index (χ3v) is 2.36. The van der Waals surface area contributed by atoms with Crippen molar-refractivity contribution in [2.75, 3.05) is 18.0 Å². The number of anilines is 1. The van der Waals surface area contributed by atoms with Crippen molar-refractivity contribution in [3.05, 3.63) is 43.0 Å². The normalized spacial score (nSPS) is 17.2. The summed E-state index contributed by atoms with van der Waals surface area (Å²) in [5, 5.41) is 0. The van der Waals surface area contributed by atoms with Crippen LogP contribution in [0.5, 0.6) is 0 Å². The van der Waals surface area contributed by atoms with Crippen molar-refractivity contribution in [1.82, 2.24) is 0 Å². The van der Waals surface area contributed by atoms with E-state index in [9.17, 15) is 0 Å². The highest BCUT2D eigenvalue weighted by molar-refractivity contribution is 5.48. The fourth-order valence-electron chi connectivity index (χ4n) is 1.51. The molecular weight excluding hydrogens is 146 g/mol. The summed E-state index contributed by atoms with van der Waals surface area (Å²) in [4.78, 5) is 2.37. The summed E-state index contributed by atoms with van der Waals surface area (Å²) < 4.78 is 0. The molecular formula is C11H13N. The molecule has 1 aromatic rings. The van der Waals surface area contributed by atoms with E-state index in [1.165, 1.54) is 5.69 Å². The Morgan fingerprint density at radius 2 is 1.92 bits per heavy atom. The molecule has 0 radical (unpaired) electrons. The van der Waals surface area contributed by atoms with Crippen LogP contribution < -0.4 is 4.90 Å². The topological polar surface area (TPSA) is 3.24 Å². The highest BCUT2D eigenvalue weighted by Gasteiger charge is 2.23. The van der Waals surface area contributed by atoms with Gasteiger partial charge in [0, 0.05) is 24.7 Å². The molecule has 0 spiro atoms. The molecule has 1 aromatic carbocycles. The predicted molar refractivity (Wildman–Crippen MR) is 52.3 cm³/mol. The largest absolute Gasteiger partial charge is 0.370 e. The summed E-state index contributed by atoms with van der Waals surface area (Å²) in [7, 11) is 0. The van der Waals surface area contributed by atoms with Gasteiger partial charge in [0.2, 0.25) is 0 Å². The first-order valence-corrected chi connectivity index (χ1v) is 4.32. The van der Waals surface area contributed by atoms with E-state index in [2.05, 4.69) is 35.7 Å². The van der Waals surface area contributed by atoms with Gasteiger partial charge in [-0.1, -0.05) is 24.3 Å². The van der Waals surface area contributed by atoms with Crippen LogP contribution in [0.25, 0.3) is 0 Å². The van der Waals surface area contributed by atoms with Crippen LogP contribution in [0.2, 0.25) is 0 Å². The maximum Gasteiger partial charge on any atom is 0.0366 e. The number of hydrogen-bond donors (Lipinski definition) is 0. The second-order valence-corrected chi connectivity index (χ2v) is 3.24. The van der Waals surface area contributed by atoms with Crippen molar-refractivity contribution in [3.63, 3.8) is 0 Å². The van der Waals surface area contributed by atoms with Crippen molar-refractivity contribution >= 4 is 5.69 Å². The van der Waals surface area contributed by atoms with E-state index < -0.39 is 0 Å². The van der Waals surface area contributed by atoms with Crippen molar-refractivity contribution in [1.29, 1.82) is 0 Å². The smallest absolute Gasteiger partial charge is 0.0366 e. The zero-order chi connectivity index (χ0) is 8.39. The molecule has 1 nitrogen and oxygen atoms in total. The zero-order valence-electron chi connectivity index (χ0n) is 7.11. The van der Waals surface area contributed by atoms with Gasteiger partial charge in [0.15, 0.2) is 0 Å². The highest BCUT2D eigenvalue weighted by Crippen LogP contribution is 2.24. The van der Waals surface area contributed by atoms with Gasteiger partial charge in [0.25, 0.3) is 0 Å². The van der Waals surface area contributed by atoms with Crippen LogP contribution in [0.15, 0.2) is 43.0 Å². The minimum atomic E-state index is 0.699. The van der Waals surface area contributed by atoms with Gasteiger partial charge in [-0.05, 0) is 12.1 Å². The molecule has 0 aliphatic carbocycles. The quantitative estimate of drug-likeness (QED) is 0.598. The lowest BCUT2D eigenvalue weighted by atomic mass is 10.00. The predicted octanol–water partition coefficient (Wildman–Crippen LogP) is 2.31. The first-order chi connectivity index (χ1) is 5.90. The Hall–Kier alpha value is -1.24. The molecule has 0 bridgehead atoms. The van der Waals surface area contributed by atoms with Gasteiger partial charge in [0.1, 0.15) is 0 Å². The molecule has 0 amide bonds. The average molecular weight is 159 g/mol. The molecule has 0 N–H and O–H groups in total. The van der Waals surface area contributed by atoms with E-state index in [0.717, 1.165) is 13.1 Å². The van der Waals surface area contributed by atoms with Crippen LogP contribution in [0, 0.1) is 5.92 Å². The van der Waals surface area contributed by atoms with Gasteiger partial charge in [-0.2, -0.15) is 0 Å². The molecule has 1 aliphatic heterocycles. The van der Waals surface area contributed by atoms with Gasteiger partial charge in [0.05, 0.1) is 0 Å². The van der Waals surface area contributed by atoms with Crippen LogP contribution in [0.3, 0.4) is 0 Å². The molecule has 1 fully saturated rings. The molecule has 1 heteroatoms. The molecule has 1 saturated heterocycles. The van der Waals surface area contributed by atoms with Gasteiger partial charge in [-0.25, -0.2) is 0 Å². The van der Waals surface area contributed by atoms with Gasteiger partial charge in [-0.15, -0.1) is 6.58 Å². The molecule has 12 heavy (non-hydrogen) atoms. The van der Waals surface area contributed by atoms with Crippen molar-refractivity contribution in [2.45, 2.75) is 0 Å². The Kier molecular flexibility index (Phi) is 1.86. The van der Waals surface area contributed by atoms with Crippen LogP contribution in [0.1, 0.15) is 0 Å². The Balaban J connectivity index is 2.01. The minimum absolute atomic E-state index is 0.699. The van der Waals surface area contributed by atoms with E-state index >= 15 is 0 Å². The lowest BCUT2D eigenvalue weighted by Crippen LogP contribution is -2.45. The third kappa shape index (κ3) is 1.22. The summed E-state index contributed by atoms with van der Waals surface area (Å²) in [6, 6.07) is 10.5. The van der Waals surface area contributed by atoms with Crippen molar-refractivity contribution in [2.24, 2.45) is 5.92 Å². The van der Waals surface area contributed by atoms with Gasteiger partial charge in [-0.3, -0.25) is 0 Å². The lowest BCUT2D eigenvalue weighted by molar-refractivity contribution is 0.495. The Morgan fingerprint density at radius 1 is 1.25 bits per heavy atom. The van der Waals surface area contributed by atoms with Crippen LogP contribution in [-0.4, -0.2) is 13.1 Å². The Bertz CT molecular complexity index is 260. The van der Waals surface area contributed by atoms with Crippen LogP contribution in [-0.2, 0) is 0 Å².